The van der Waals surface area contributed by atoms with Gasteiger partial charge in [-0.05, 0) is 37.7 Å². The van der Waals surface area contributed by atoms with E-state index in [1.807, 2.05) is 13.0 Å². The number of hydrogen-bond donors (Lipinski definition) is 0. The van der Waals surface area contributed by atoms with Crippen LogP contribution in [0.5, 0.6) is 0 Å². The molecule has 0 bridgehead atoms. The van der Waals surface area contributed by atoms with Gasteiger partial charge in [-0.25, -0.2) is 9.97 Å². The lowest BCUT2D eigenvalue weighted by Gasteiger charge is -2.14. The summed E-state index contributed by atoms with van der Waals surface area (Å²) in [6, 6.07) is 1.86. The fraction of sp³-hybridized carbons (Fsp3) is 0.600. The van der Waals surface area contributed by atoms with Gasteiger partial charge in [0.05, 0.1) is 10.4 Å². The van der Waals surface area contributed by atoms with Gasteiger partial charge >= 0.3 is 0 Å². The van der Waals surface area contributed by atoms with Crippen LogP contribution < -0.4 is 0 Å². The second-order valence-corrected chi connectivity index (χ2v) is 7.07. The van der Waals surface area contributed by atoms with Crippen molar-refractivity contribution < 1.29 is 0 Å². The third-order valence-corrected chi connectivity index (χ3v) is 4.58. The lowest BCUT2D eigenvalue weighted by atomic mass is 10.1. The molecule has 2 aromatic heterocycles. The molecular formula is C15H19Cl2N3. The van der Waals surface area contributed by atoms with Crippen molar-refractivity contribution in [2.45, 2.75) is 45.0 Å². The summed E-state index contributed by atoms with van der Waals surface area (Å²) in [6.07, 6.45) is 5.57. The molecule has 2 heterocycles. The summed E-state index contributed by atoms with van der Waals surface area (Å²) < 4.78 is 2.19. The van der Waals surface area contributed by atoms with Crippen LogP contribution in [0, 0.1) is 11.8 Å². The van der Waals surface area contributed by atoms with Gasteiger partial charge in [0, 0.05) is 12.7 Å². The van der Waals surface area contributed by atoms with Gasteiger partial charge < -0.3 is 4.57 Å². The smallest absolute Gasteiger partial charge is 0.160 e. The molecule has 0 spiro atoms. The van der Waals surface area contributed by atoms with Gasteiger partial charge in [-0.15, -0.1) is 11.6 Å². The van der Waals surface area contributed by atoms with E-state index < -0.39 is 0 Å². The van der Waals surface area contributed by atoms with Crippen molar-refractivity contribution in [3.8, 4) is 0 Å². The Bertz CT molecular complexity index is 621. The van der Waals surface area contributed by atoms with Crippen molar-refractivity contribution in [3.63, 3.8) is 0 Å². The molecule has 0 aromatic carbocycles. The molecule has 3 unspecified atom stereocenters. The Balaban J connectivity index is 2.00. The van der Waals surface area contributed by atoms with E-state index in [1.54, 1.807) is 6.20 Å². The number of alkyl halides is 1. The number of aromatic nitrogens is 3. The minimum Gasteiger partial charge on any atom is -0.311 e. The predicted octanol–water partition coefficient (Wildman–Crippen LogP) is 4.82. The van der Waals surface area contributed by atoms with E-state index in [0.29, 0.717) is 10.9 Å². The summed E-state index contributed by atoms with van der Waals surface area (Å²) in [5.41, 5.74) is 1.74. The van der Waals surface area contributed by atoms with E-state index in [0.717, 1.165) is 29.5 Å². The lowest BCUT2D eigenvalue weighted by Crippen LogP contribution is -2.12. The largest absolute Gasteiger partial charge is 0.311 e. The SMILES string of the molecule is CC1CCC(Cn2c(C(C)Cl)nc3cc(Cl)cnc32)C1. The summed E-state index contributed by atoms with van der Waals surface area (Å²) >= 11 is 12.3. The Morgan fingerprint density at radius 3 is 2.90 bits per heavy atom. The number of hydrogen-bond acceptors (Lipinski definition) is 2. The number of pyridine rings is 1. The highest BCUT2D eigenvalue weighted by Gasteiger charge is 2.24. The van der Waals surface area contributed by atoms with Crippen molar-refractivity contribution in [2.24, 2.45) is 11.8 Å². The first-order valence-electron chi connectivity index (χ1n) is 7.20. The van der Waals surface area contributed by atoms with E-state index in [4.69, 9.17) is 23.2 Å². The van der Waals surface area contributed by atoms with Crippen LogP contribution >= 0.6 is 23.2 Å². The third kappa shape index (κ3) is 2.66. The number of nitrogens with zero attached hydrogens (tertiary/aromatic N) is 3. The zero-order chi connectivity index (χ0) is 14.3. The minimum atomic E-state index is -0.123. The maximum Gasteiger partial charge on any atom is 0.160 e. The van der Waals surface area contributed by atoms with Gasteiger partial charge in [-0.2, -0.15) is 0 Å². The summed E-state index contributed by atoms with van der Waals surface area (Å²) in [5, 5.41) is 0.493. The first-order valence-corrected chi connectivity index (χ1v) is 8.01. The van der Waals surface area contributed by atoms with Crippen LogP contribution in [0.1, 0.15) is 44.3 Å². The van der Waals surface area contributed by atoms with Crippen molar-refractivity contribution in [1.29, 1.82) is 0 Å². The summed E-state index contributed by atoms with van der Waals surface area (Å²) in [5.74, 6) is 2.43. The molecule has 0 amide bonds. The normalized spacial score (nSPS) is 24.4. The first-order chi connectivity index (χ1) is 9.54. The molecule has 20 heavy (non-hydrogen) atoms. The van der Waals surface area contributed by atoms with Crippen LogP contribution in [0.15, 0.2) is 12.3 Å². The molecule has 3 nitrogen and oxygen atoms in total. The van der Waals surface area contributed by atoms with Crippen molar-refractivity contribution in [3.05, 3.63) is 23.1 Å². The van der Waals surface area contributed by atoms with E-state index in [-0.39, 0.29) is 5.38 Å². The molecule has 1 aliphatic carbocycles. The Hall–Kier alpha value is -0.800. The predicted molar refractivity (Wildman–Crippen MR) is 83.3 cm³/mol. The highest BCUT2D eigenvalue weighted by atomic mass is 35.5. The Labute approximate surface area is 129 Å². The van der Waals surface area contributed by atoms with Crippen molar-refractivity contribution in [1.82, 2.24) is 14.5 Å². The Morgan fingerprint density at radius 2 is 2.25 bits per heavy atom. The molecule has 108 valence electrons. The second-order valence-electron chi connectivity index (χ2n) is 5.98. The summed E-state index contributed by atoms with van der Waals surface area (Å²) in [7, 11) is 0. The van der Waals surface area contributed by atoms with Crippen LogP contribution in [-0.4, -0.2) is 14.5 Å². The van der Waals surface area contributed by atoms with Gasteiger partial charge in [0.15, 0.2) is 5.65 Å². The van der Waals surface area contributed by atoms with Crippen LogP contribution in [0.2, 0.25) is 5.02 Å². The Kier molecular flexibility index (Phi) is 3.91. The van der Waals surface area contributed by atoms with E-state index in [9.17, 15) is 0 Å². The van der Waals surface area contributed by atoms with Gasteiger partial charge in [-0.1, -0.05) is 24.9 Å². The molecular weight excluding hydrogens is 293 g/mol. The summed E-state index contributed by atoms with van der Waals surface area (Å²) in [4.78, 5) is 9.07. The van der Waals surface area contributed by atoms with Crippen LogP contribution in [0.4, 0.5) is 0 Å². The highest BCUT2D eigenvalue weighted by molar-refractivity contribution is 6.31. The molecule has 1 fully saturated rings. The monoisotopic (exact) mass is 311 g/mol. The van der Waals surface area contributed by atoms with Gasteiger partial charge in [0.1, 0.15) is 11.3 Å². The topological polar surface area (TPSA) is 30.7 Å². The van der Waals surface area contributed by atoms with Crippen molar-refractivity contribution >= 4 is 34.4 Å². The quantitative estimate of drug-likeness (QED) is 0.761. The van der Waals surface area contributed by atoms with Gasteiger partial charge in [-0.3, -0.25) is 0 Å². The lowest BCUT2D eigenvalue weighted by molar-refractivity contribution is 0.437. The standard InChI is InChI=1S/C15H19Cl2N3/c1-9-3-4-11(5-9)8-20-14(10(2)16)19-13-6-12(17)7-18-15(13)20/h6-7,9-11H,3-5,8H2,1-2H3. The zero-order valence-electron chi connectivity index (χ0n) is 11.8. The molecule has 2 aromatic rings. The fourth-order valence-corrected chi connectivity index (χ4v) is 3.56. The third-order valence-electron chi connectivity index (χ3n) is 4.18. The average Bonchev–Trinajstić information content (AvgIpc) is 2.94. The number of rotatable bonds is 3. The second kappa shape index (κ2) is 5.53. The van der Waals surface area contributed by atoms with Crippen LogP contribution in [0.25, 0.3) is 11.2 Å². The number of fused-ring (bicyclic) bond motifs is 1. The molecule has 0 aliphatic heterocycles. The molecule has 3 atom stereocenters. The van der Waals surface area contributed by atoms with Crippen LogP contribution in [0.3, 0.4) is 0 Å². The first kappa shape index (κ1) is 14.2. The van der Waals surface area contributed by atoms with E-state index in [1.165, 1.54) is 19.3 Å². The average molecular weight is 312 g/mol. The Morgan fingerprint density at radius 1 is 1.45 bits per heavy atom. The number of imidazole rings is 1. The molecule has 5 heteroatoms. The van der Waals surface area contributed by atoms with E-state index >= 15 is 0 Å². The molecule has 0 saturated heterocycles. The molecule has 0 radical (unpaired) electrons. The molecule has 1 aliphatic rings. The minimum absolute atomic E-state index is 0.123. The molecule has 0 N–H and O–H groups in total. The molecule has 3 rings (SSSR count). The van der Waals surface area contributed by atoms with Gasteiger partial charge in [0.25, 0.3) is 0 Å². The van der Waals surface area contributed by atoms with Crippen LogP contribution in [-0.2, 0) is 6.54 Å². The molecule has 1 saturated carbocycles. The highest BCUT2D eigenvalue weighted by Crippen LogP contribution is 2.34. The van der Waals surface area contributed by atoms with Crippen molar-refractivity contribution in [2.75, 3.05) is 0 Å². The zero-order valence-corrected chi connectivity index (χ0v) is 13.3. The summed E-state index contributed by atoms with van der Waals surface area (Å²) in [6.45, 7) is 5.25. The van der Waals surface area contributed by atoms with E-state index in [2.05, 4.69) is 21.5 Å². The number of halogens is 2. The maximum atomic E-state index is 6.29. The van der Waals surface area contributed by atoms with Gasteiger partial charge in [0.2, 0.25) is 0 Å². The fourth-order valence-electron chi connectivity index (χ4n) is 3.24. The maximum absolute atomic E-state index is 6.29.